The molecule has 2 rings (SSSR count). The van der Waals surface area contributed by atoms with Crippen molar-refractivity contribution in [1.29, 1.82) is 0 Å². The van der Waals surface area contributed by atoms with Gasteiger partial charge in [-0.1, -0.05) is 0 Å². The first-order chi connectivity index (χ1) is 6.36. The minimum atomic E-state index is 1.28. The molecule has 0 heterocycles. The van der Waals surface area contributed by atoms with Crippen molar-refractivity contribution in [3.8, 4) is 11.1 Å². The number of rotatable bonds is 1. The second-order valence-electron chi connectivity index (χ2n) is 3.23. The second kappa shape index (κ2) is 3.83. The van der Waals surface area contributed by atoms with Crippen LogP contribution in [0.1, 0.15) is 0 Å². The van der Waals surface area contributed by atoms with Gasteiger partial charge in [-0.05, 0) is 0 Å². The number of hydrogen-bond donors (Lipinski definition) is 0. The molecule has 0 atom stereocenters. The molecule has 0 aliphatic carbocycles. The van der Waals surface area contributed by atoms with Gasteiger partial charge in [-0.25, -0.2) is 0 Å². The Morgan fingerprint density at radius 2 is 1.15 bits per heavy atom. The molecule has 0 fully saturated rings. The Morgan fingerprint density at radius 1 is 0.615 bits per heavy atom. The molecule has 0 saturated carbocycles. The summed E-state index contributed by atoms with van der Waals surface area (Å²) in [7, 11) is 0. The van der Waals surface area contributed by atoms with E-state index < -0.39 is 0 Å². The van der Waals surface area contributed by atoms with Crippen molar-refractivity contribution < 1.29 is 0 Å². The van der Waals surface area contributed by atoms with Gasteiger partial charge in [0.05, 0.1) is 0 Å². The van der Waals surface area contributed by atoms with E-state index in [-0.39, 0.29) is 0 Å². The van der Waals surface area contributed by atoms with E-state index >= 15 is 0 Å². The van der Waals surface area contributed by atoms with Gasteiger partial charge in [-0.15, -0.1) is 0 Å². The summed E-state index contributed by atoms with van der Waals surface area (Å²) in [5.74, 6) is 0. The van der Waals surface area contributed by atoms with Crippen molar-refractivity contribution in [3.63, 3.8) is 0 Å². The van der Waals surface area contributed by atoms with Crippen LogP contribution in [0.4, 0.5) is 0 Å². The van der Waals surface area contributed by atoms with E-state index in [0.717, 1.165) is 0 Å². The van der Waals surface area contributed by atoms with Crippen LogP contribution in [0.25, 0.3) is 11.1 Å². The summed E-state index contributed by atoms with van der Waals surface area (Å²) in [6, 6.07) is 19.0. The summed E-state index contributed by atoms with van der Waals surface area (Å²) in [6.07, 6.45) is 0. The monoisotopic (exact) mass is 160 g/mol. The molecule has 0 aliphatic rings. The third-order valence-electron chi connectivity index (χ3n) is 2.16. The molecule has 0 N–H and O–H groups in total. The van der Waals surface area contributed by atoms with E-state index in [1.165, 1.54) is 15.4 Å². The van der Waals surface area contributed by atoms with Crippen molar-refractivity contribution in [2.45, 2.75) is 0 Å². The van der Waals surface area contributed by atoms with Gasteiger partial charge in [0.2, 0.25) is 0 Å². The normalized spacial score (nSPS) is 10.0. The Bertz CT molecular complexity index is 376. The third-order valence-corrected chi connectivity index (χ3v) is 2.16. The van der Waals surface area contributed by atoms with Crippen LogP contribution in [0.2, 0.25) is 0 Å². The zero-order valence-corrected chi connectivity index (χ0v) is 7.70. The summed E-state index contributed by atoms with van der Waals surface area (Å²) in [6.45, 7) is 0. The topological polar surface area (TPSA) is 0 Å². The van der Waals surface area contributed by atoms with Crippen LogP contribution in [-0.2, 0) is 0 Å². The Balaban J connectivity index is 2.42. The van der Waals surface area contributed by atoms with Gasteiger partial charge in [-0.2, -0.15) is 0 Å². The molecule has 0 aromatic heterocycles. The maximum atomic E-state index is 2.16. The first-order valence-electron chi connectivity index (χ1n) is 4.48. The molecular formula is C12H9Li. The molecule has 58 valence electrons. The first-order valence-corrected chi connectivity index (χ1v) is 4.48. The van der Waals surface area contributed by atoms with E-state index in [1.807, 2.05) is 6.07 Å². The standard InChI is InChI=1S/C12H9.Li/c1-3-7-11(8-4-1)12-9-5-2-6-10-12;/h1,3-10H;. The molecule has 0 saturated heterocycles. The van der Waals surface area contributed by atoms with Crippen molar-refractivity contribution in [1.82, 2.24) is 0 Å². The first kappa shape index (κ1) is 8.63. The summed E-state index contributed by atoms with van der Waals surface area (Å²) in [5.41, 5.74) is 2.56. The SMILES string of the molecule is [Li][c]1ccc(-c2ccccc2)cc1. The van der Waals surface area contributed by atoms with Gasteiger partial charge in [-0.3, -0.25) is 0 Å². The quantitative estimate of drug-likeness (QED) is 0.561. The van der Waals surface area contributed by atoms with Gasteiger partial charge in [0, 0.05) is 0 Å². The summed E-state index contributed by atoms with van der Waals surface area (Å²) in [5, 5.41) is 0. The molecule has 0 nitrogen and oxygen atoms in total. The molecule has 2 aromatic carbocycles. The Labute approximate surface area is 87.8 Å². The maximum absolute atomic E-state index is 2.16. The molecule has 2 aromatic rings. The van der Waals surface area contributed by atoms with Crippen LogP contribution < -0.4 is 4.24 Å². The van der Waals surface area contributed by atoms with E-state index in [4.69, 9.17) is 0 Å². The number of benzene rings is 2. The second-order valence-corrected chi connectivity index (χ2v) is 3.23. The van der Waals surface area contributed by atoms with Gasteiger partial charge < -0.3 is 0 Å². The minimum absolute atomic E-state index is 1.28. The molecule has 13 heavy (non-hydrogen) atoms. The van der Waals surface area contributed by atoms with Crippen LogP contribution in [0.3, 0.4) is 0 Å². The van der Waals surface area contributed by atoms with Gasteiger partial charge in [0.1, 0.15) is 0 Å². The molecule has 0 spiro atoms. The van der Waals surface area contributed by atoms with E-state index in [1.54, 1.807) is 0 Å². The fourth-order valence-electron chi connectivity index (χ4n) is 1.38. The van der Waals surface area contributed by atoms with Crippen molar-refractivity contribution >= 4 is 22.0 Å². The van der Waals surface area contributed by atoms with Crippen molar-refractivity contribution in [2.75, 3.05) is 0 Å². The van der Waals surface area contributed by atoms with Crippen molar-refractivity contribution in [3.05, 3.63) is 54.6 Å². The van der Waals surface area contributed by atoms with Crippen LogP contribution in [0.15, 0.2) is 54.6 Å². The molecule has 0 radical (unpaired) electrons. The van der Waals surface area contributed by atoms with Gasteiger partial charge in [0.25, 0.3) is 0 Å². The Hall–Kier alpha value is -0.963. The average Bonchev–Trinajstić information content (AvgIpc) is 2.20. The zero-order valence-electron chi connectivity index (χ0n) is 7.70. The summed E-state index contributed by atoms with van der Waals surface area (Å²) >= 11 is 2.11. The van der Waals surface area contributed by atoms with E-state index in [9.17, 15) is 0 Å². The summed E-state index contributed by atoms with van der Waals surface area (Å²) < 4.78 is 1.31. The fraction of sp³-hybridized carbons (Fsp3) is 0. The van der Waals surface area contributed by atoms with Crippen LogP contribution >= 0.6 is 0 Å². The van der Waals surface area contributed by atoms with E-state index in [2.05, 4.69) is 66.2 Å². The number of hydrogen-bond acceptors (Lipinski definition) is 0. The third kappa shape index (κ3) is 2.04. The van der Waals surface area contributed by atoms with Gasteiger partial charge >= 0.3 is 87.7 Å². The fourth-order valence-corrected chi connectivity index (χ4v) is 1.38. The van der Waals surface area contributed by atoms with Crippen molar-refractivity contribution in [2.24, 2.45) is 0 Å². The molecule has 0 unspecified atom stereocenters. The molecular weight excluding hydrogens is 151 g/mol. The molecule has 0 bridgehead atoms. The molecule has 0 amide bonds. The van der Waals surface area contributed by atoms with Crippen LogP contribution in [0, 0.1) is 0 Å². The van der Waals surface area contributed by atoms with Crippen LogP contribution in [0.5, 0.6) is 0 Å². The Morgan fingerprint density at radius 3 is 1.77 bits per heavy atom. The Kier molecular flexibility index (Phi) is 2.54. The van der Waals surface area contributed by atoms with E-state index in [0.29, 0.717) is 0 Å². The zero-order chi connectivity index (χ0) is 9.10. The average molecular weight is 160 g/mol. The molecule has 1 heteroatoms. The predicted molar refractivity (Wildman–Crippen MR) is 57.3 cm³/mol. The predicted octanol–water partition coefficient (Wildman–Crippen LogP) is 2.15. The summed E-state index contributed by atoms with van der Waals surface area (Å²) in [4.78, 5) is 0. The van der Waals surface area contributed by atoms with Gasteiger partial charge in [0.15, 0.2) is 0 Å². The molecule has 0 aliphatic heterocycles. The van der Waals surface area contributed by atoms with Crippen LogP contribution in [-0.4, -0.2) is 17.7 Å².